The Morgan fingerprint density at radius 3 is 2.49 bits per heavy atom. The maximum atomic E-state index is 12.7. The summed E-state index contributed by atoms with van der Waals surface area (Å²) in [6.07, 6.45) is 3.95. The largest absolute Gasteiger partial charge is 0.496 e. The number of carbonyl (C=O) groups is 2. The average Bonchev–Trinajstić information content (AvgIpc) is 2.88. The van der Waals surface area contributed by atoms with E-state index in [-0.39, 0.29) is 30.4 Å². The van der Waals surface area contributed by atoms with Gasteiger partial charge in [0.15, 0.2) is 0 Å². The van der Waals surface area contributed by atoms with Crippen molar-refractivity contribution in [1.82, 2.24) is 5.32 Å². The summed E-state index contributed by atoms with van der Waals surface area (Å²) in [4.78, 5) is 24.4. The molecule has 1 aliphatic carbocycles. The number of hydrogen-bond acceptors (Lipinski definition) is 6. The van der Waals surface area contributed by atoms with Crippen molar-refractivity contribution in [2.45, 2.75) is 45.1 Å². The molecule has 1 fully saturated rings. The second kappa shape index (κ2) is 12.8. The molecule has 1 amide bonds. The molecule has 190 valence electrons. The Bertz CT molecular complexity index is 1020. The highest BCUT2D eigenvalue weighted by Crippen LogP contribution is 2.32. The minimum absolute atomic E-state index is 0.0229. The number of halogens is 1. The minimum atomic E-state index is -0.167. The summed E-state index contributed by atoms with van der Waals surface area (Å²) in [6, 6.07) is 11.0. The number of methoxy groups -OCH3 is 2. The third-order valence-electron chi connectivity index (χ3n) is 6.70. The molecule has 1 unspecified atom stereocenters. The lowest BCUT2D eigenvalue weighted by Gasteiger charge is -2.27. The molecule has 0 aromatic heterocycles. The highest BCUT2D eigenvalue weighted by atomic mass is 35.5. The predicted molar refractivity (Wildman–Crippen MR) is 137 cm³/mol. The van der Waals surface area contributed by atoms with Crippen LogP contribution in [-0.2, 0) is 16.0 Å². The van der Waals surface area contributed by atoms with E-state index >= 15 is 0 Å². The fourth-order valence-corrected chi connectivity index (χ4v) is 4.83. The first-order chi connectivity index (χ1) is 16.9. The Morgan fingerprint density at radius 1 is 1.11 bits per heavy atom. The molecule has 35 heavy (non-hydrogen) atoms. The van der Waals surface area contributed by atoms with Gasteiger partial charge in [0.05, 0.1) is 36.9 Å². The molecule has 3 N–H and O–H groups in total. The van der Waals surface area contributed by atoms with Gasteiger partial charge in [-0.1, -0.05) is 17.7 Å². The van der Waals surface area contributed by atoms with E-state index in [4.69, 9.17) is 21.1 Å². The van der Waals surface area contributed by atoms with E-state index in [1.54, 1.807) is 25.3 Å². The molecule has 2 aromatic rings. The number of aliphatic hydroxyl groups excluding tert-OH is 1. The Labute approximate surface area is 212 Å². The van der Waals surface area contributed by atoms with Gasteiger partial charge in [-0.05, 0) is 80.8 Å². The van der Waals surface area contributed by atoms with Gasteiger partial charge in [0.1, 0.15) is 5.75 Å². The molecule has 0 radical (unpaired) electrons. The summed E-state index contributed by atoms with van der Waals surface area (Å²) in [7, 11) is 3.05. The number of hydrogen-bond donors (Lipinski definition) is 3. The molecule has 3 rings (SSSR count). The Hall–Kier alpha value is -2.77. The minimum Gasteiger partial charge on any atom is -0.496 e. The van der Waals surface area contributed by atoms with Gasteiger partial charge < -0.3 is 25.2 Å². The number of aliphatic hydroxyl groups is 1. The fourth-order valence-electron chi connectivity index (χ4n) is 4.60. The van der Waals surface area contributed by atoms with Crippen LogP contribution < -0.4 is 15.4 Å². The first-order valence-electron chi connectivity index (χ1n) is 12.1. The van der Waals surface area contributed by atoms with Crippen molar-refractivity contribution in [3.8, 4) is 5.75 Å². The first-order valence-corrected chi connectivity index (χ1v) is 12.4. The van der Waals surface area contributed by atoms with Crippen LogP contribution in [0.25, 0.3) is 0 Å². The zero-order chi connectivity index (χ0) is 25.4. The second-order valence-electron chi connectivity index (χ2n) is 9.06. The van der Waals surface area contributed by atoms with Gasteiger partial charge in [-0.2, -0.15) is 0 Å². The predicted octanol–water partition coefficient (Wildman–Crippen LogP) is 4.77. The van der Waals surface area contributed by atoms with Gasteiger partial charge in [0.25, 0.3) is 5.91 Å². The van der Waals surface area contributed by atoms with Crippen LogP contribution in [0.5, 0.6) is 5.75 Å². The average molecular weight is 503 g/mol. The smallest absolute Gasteiger partial charge is 0.308 e. The number of rotatable bonds is 10. The first kappa shape index (κ1) is 26.8. The molecule has 0 heterocycles. The zero-order valence-electron chi connectivity index (χ0n) is 20.6. The van der Waals surface area contributed by atoms with E-state index < -0.39 is 0 Å². The molecule has 1 saturated carbocycles. The van der Waals surface area contributed by atoms with Crippen LogP contribution in [0.15, 0.2) is 36.4 Å². The maximum absolute atomic E-state index is 12.7. The summed E-state index contributed by atoms with van der Waals surface area (Å²) < 4.78 is 10.3. The van der Waals surface area contributed by atoms with Gasteiger partial charge in [-0.25, -0.2) is 0 Å². The van der Waals surface area contributed by atoms with Gasteiger partial charge in [0.2, 0.25) is 0 Å². The molecule has 1 aliphatic rings. The molecule has 1 atom stereocenters. The lowest BCUT2D eigenvalue weighted by Crippen LogP contribution is -2.32. The van der Waals surface area contributed by atoms with Crippen molar-refractivity contribution in [2.24, 2.45) is 11.8 Å². The van der Waals surface area contributed by atoms with E-state index in [0.29, 0.717) is 35.2 Å². The van der Waals surface area contributed by atoms with Gasteiger partial charge in [-0.3, -0.25) is 9.59 Å². The number of ether oxygens (including phenoxy) is 2. The van der Waals surface area contributed by atoms with Crippen LogP contribution in [0, 0.1) is 11.8 Å². The van der Waals surface area contributed by atoms with Crippen LogP contribution >= 0.6 is 11.6 Å². The number of nitrogens with one attached hydrogen (secondary N) is 2. The zero-order valence-corrected chi connectivity index (χ0v) is 21.4. The second-order valence-corrected chi connectivity index (χ2v) is 9.47. The van der Waals surface area contributed by atoms with Gasteiger partial charge >= 0.3 is 5.97 Å². The van der Waals surface area contributed by atoms with E-state index in [2.05, 4.69) is 10.6 Å². The van der Waals surface area contributed by atoms with Crippen LogP contribution in [0.4, 0.5) is 5.69 Å². The third-order valence-corrected chi connectivity index (χ3v) is 7.01. The van der Waals surface area contributed by atoms with Crippen molar-refractivity contribution in [1.29, 1.82) is 0 Å². The lowest BCUT2D eigenvalue weighted by atomic mass is 9.82. The summed E-state index contributed by atoms with van der Waals surface area (Å²) >= 11 is 6.52. The molecule has 7 nitrogen and oxygen atoms in total. The number of anilines is 1. The van der Waals surface area contributed by atoms with Crippen LogP contribution in [-0.4, -0.2) is 44.4 Å². The standard InChI is InChI=1S/C27H35ClN2O5/c1-17(22-14-18(12-13-31)6-11-25(22)34-2)30-24-10-9-21(15-23(24)28)26(32)29-16-19-4-7-20(8-5-19)27(33)35-3/h6,9-11,14-15,17,19-20,30-31H,4-5,7-8,12-13,16H2,1-3H3,(H,29,32). The molecule has 0 aliphatic heterocycles. The van der Waals surface area contributed by atoms with Crippen LogP contribution in [0.1, 0.15) is 60.1 Å². The molecule has 2 aromatic carbocycles. The number of benzene rings is 2. The van der Waals surface area contributed by atoms with E-state index in [1.165, 1.54) is 7.11 Å². The van der Waals surface area contributed by atoms with Crippen molar-refractivity contribution in [3.63, 3.8) is 0 Å². The molecule has 0 spiro atoms. The maximum Gasteiger partial charge on any atom is 0.308 e. The Kier molecular flexibility index (Phi) is 9.81. The quantitative estimate of drug-likeness (QED) is 0.405. The van der Waals surface area contributed by atoms with Crippen LogP contribution in [0.3, 0.4) is 0 Å². The van der Waals surface area contributed by atoms with Crippen molar-refractivity contribution in [3.05, 3.63) is 58.1 Å². The fraction of sp³-hybridized carbons (Fsp3) is 0.481. The van der Waals surface area contributed by atoms with E-state index in [0.717, 1.165) is 42.6 Å². The molecule has 8 heteroatoms. The molecular formula is C27H35ClN2O5. The van der Waals surface area contributed by atoms with Crippen molar-refractivity contribution in [2.75, 3.05) is 32.7 Å². The lowest BCUT2D eigenvalue weighted by molar-refractivity contribution is -0.146. The SMILES string of the molecule is COC(=O)C1CCC(CNC(=O)c2ccc(NC(C)c3cc(CCO)ccc3OC)c(Cl)c2)CC1. The highest BCUT2D eigenvalue weighted by Gasteiger charge is 2.27. The van der Waals surface area contributed by atoms with E-state index in [1.807, 2.05) is 25.1 Å². The highest BCUT2D eigenvalue weighted by molar-refractivity contribution is 6.33. The topological polar surface area (TPSA) is 96.9 Å². The van der Waals surface area contributed by atoms with Crippen molar-refractivity contribution >= 4 is 29.2 Å². The Balaban J connectivity index is 1.58. The molecule has 0 saturated heterocycles. The summed E-state index contributed by atoms with van der Waals surface area (Å²) in [5, 5.41) is 16.1. The Morgan fingerprint density at radius 2 is 1.86 bits per heavy atom. The number of carbonyl (C=O) groups excluding carboxylic acids is 2. The van der Waals surface area contributed by atoms with Gasteiger partial charge in [0, 0.05) is 24.3 Å². The summed E-state index contributed by atoms with van der Waals surface area (Å²) in [5.74, 6) is 0.778. The molecular weight excluding hydrogens is 468 g/mol. The third kappa shape index (κ3) is 7.12. The monoisotopic (exact) mass is 502 g/mol. The van der Waals surface area contributed by atoms with Gasteiger partial charge in [-0.15, -0.1) is 0 Å². The van der Waals surface area contributed by atoms with Crippen molar-refractivity contribution < 1.29 is 24.2 Å². The van der Waals surface area contributed by atoms with E-state index in [9.17, 15) is 14.7 Å². The van der Waals surface area contributed by atoms with Crippen LogP contribution in [0.2, 0.25) is 5.02 Å². The molecule has 0 bridgehead atoms. The summed E-state index contributed by atoms with van der Waals surface area (Å²) in [5.41, 5.74) is 3.19. The normalized spacial score (nSPS) is 18.4. The summed E-state index contributed by atoms with van der Waals surface area (Å²) in [6.45, 7) is 2.66. The number of amides is 1. The number of esters is 1.